The van der Waals surface area contributed by atoms with Crippen molar-refractivity contribution in [3.05, 3.63) is 57.4 Å². The van der Waals surface area contributed by atoms with Gasteiger partial charge in [-0.3, -0.25) is 4.79 Å². The molecule has 4 nitrogen and oxygen atoms in total. The van der Waals surface area contributed by atoms with Gasteiger partial charge in [0, 0.05) is 34.3 Å². The lowest BCUT2D eigenvalue weighted by Gasteiger charge is -2.39. The number of ketones is 1. The quantitative estimate of drug-likeness (QED) is 0.792. The molecule has 0 amide bonds. The molecular weight excluding hydrogens is 350 g/mol. The number of carbonyl (C=O) groups excluding carboxylic acids is 2. The number of dihydropyridines is 1. The van der Waals surface area contributed by atoms with Gasteiger partial charge in [0.05, 0.1) is 12.2 Å². The summed E-state index contributed by atoms with van der Waals surface area (Å²) in [7, 11) is 0. The molecule has 0 aromatic heterocycles. The molecule has 1 atom stereocenters. The highest BCUT2D eigenvalue weighted by Gasteiger charge is 2.43. The molecule has 1 aliphatic carbocycles. The van der Waals surface area contributed by atoms with Crippen molar-refractivity contribution in [1.82, 2.24) is 5.32 Å². The normalized spacial score (nSPS) is 22.0. The first-order chi connectivity index (χ1) is 12.2. The molecule has 3 rings (SSSR count). The maximum atomic E-state index is 13.0. The second-order valence-electron chi connectivity index (χ2n) is 7.71. The number of hydrogen-bond acceptors (Lipinski definition) is 4. The average Bonchev–Trinajstić information content (AvgIpc) is 2.52. The Kier molecular flexibility index (Phi) is 4.98. The summed E-state index contributed by atoms with van der Waals surface area (Å²) in [6.45, 7) is 8.09. The van der Waals surface area contributed by atoms with E-state index in [0.717, 1.165) is 23.4 Å². The molecule has 0 spiro atoms. The molecule has 2 aliphatic rings. The van der Waals surface area contributed by atoms with Crippen LogP contribution in [0.25, 0.3) is 0 Å². The van der Waals surface area contributed by atoms with Gasteiger partial charge in [0.15, 0.2) is 5.78 Å². The van der Waals surface area contributed by atoms with Crippen LogP contribution in [0.4, 0.5) is 0 Å². The van der Waals surface area contributed by atoms with Crippen molar-refractivity contribution < 1.29 is 14.3 Å². The van der Waals surface area contributed by atoms with Crippen molar-refractivity contribution in [2.75, 3.05) is 6.61 Å². The maximum absolute atomic E-state index is 13.0. The second kappa shape index (κ2) is 6.92. The van der Waals surface area contributed by atoms with E-state index in [1.54, 1.807) is 13.0 Å². The van der Waals surface area contributed by atoms with Crippen molar-refractivity contribution in [2.45, 2.75) is 46.5 Å². The summed E-state index contributed by atoms with van der Waals surface area (Å²) in [4.78, 5) is 25.7. The molecule has 1 heterocycles. The van der Waals surface area contributed by atoms with E-state index in [0.29, 0.717) is 22.6 Å². The molecule has 5 heteroatoms. The van der Waals surface area contributed by atoms with Gasteiger partial charge in [-0.2, -0.15) is 0 Å². The van der Waals surface area contributed by atoms with E-state index in [2.05, 4.69) is 19.2 Å². The molecule has 0 fully saturated rings. The molecule has 0 saturated heterocycles. The monoisotopic (exact) mass is 373 g/mol. The Morgan fingerprint density at radius 3 is 2.73 bits per heavy atom. The van der Waals surface area contributed by atoms with E-state index < -0.39 is 11.9 Å². The fourth-order valence-electron chi connectivity index (χ4n) is 3.93. The number of nitrogens with one attached hydrogen (secondary N) is 1. The van der Waals surface area contributed by atoms with Crippen molar-refractivity contribution in [1.29, 1.82) is 0 Å². The summed E-state index contributed by atoms with van der Waals surface area (Å²) in [5.41, 5.74) is 3.52. The van der Waals surface area contributed by atoms with Crippen LogP contribution in [0.2, 0.25) is 5.02 Å². The molecule has 26 heavy (non-hydrogen) atoms. The fourth-order valence-corrected chi connectivity index (χ4v) is 4.13. The van der Waals surface area contributed by atoms with Crippen LogP contribution in [-0.2, 0) is 14.3 Å². The van der Waals surface area contributed by atoms with E-state index in [1.807, 2.05) is 25.1 Å². The molecule has 138 valence electrons. The predicted molar refractivity (Wildman–Crippen MR) is 102 cm³/mol. The zero-order valence-electron chi connectivity index (χ0n) is 15.6. The second-order valence-corrected chi connectivity index (χ2v) is 8.14. The summed E-state index contributed by atoms with van der Waals surface area (Å²) in [6, 6.07) is 7.36. The molecule has 1 aliphatic heterocycles. The largest absolute Gasteiger partial charge is 0.463 e. The number of allylic oxidation sites excluding steroid dienone is 3. The maximum Gasteiger partial charge on any atom is 0.336 e. The van der Waals surface area contributed by atoms with Crippen LogP contribution < -0.4 is 5.32 Å². The van der Waals surface area contributed by atoms with E-state index in [9.17, 15) is 9.59 Å². The molecule has 1 N–H and O–H groups in total. The van der Waals surface area contributed by atoms with E-state index in [-0.39, 0.29) is 17.8 Å². The minimum Gasteiger partial charge on any atom is -0.463 e. The number of esters is 1. The average molecular weight is 374 g/mol. The van der Waals surface area contributed by atoms with Gasteiger partial charge in [-0.15, -0.1) is 0 Å². The van der Waals surface area contributed by atoms with Crippen LogP contribution in [-0.4, -0.2) is 18.4 Å². The first kappa shape index (κ1) is 18.7. The van der Waals surface area contributed by atoms with Gasteiger partial charge in [-0.25, -0.2) is 4.79 Å². The molecule has 1 aromatic carbocycles. The molecule has 0 unspecified atom stereocenters. The third kappa shape index (κ3) is 3.43. The number of hydrogen-bond donors (Lipinski definition) is 1. The zero-order chi connectivity index (χ0) is 19.1. The molecule has 1 aromatic rings. The standard InChI is InChI=1S/C21H24ClNO3/c1-5-26-20(25)17-12(2)23-15-10-21(3,4)11-16(24)19(15)18(17)13-7-6-8-14(22)9-13/h6-9,18,23H,5,10-11H2,1-4H3/t18-/m1/s1. The van der Waals surface area contributed by atoms with E-state index >= 15 is 0 Å². The van der Waals surface area contributed by atoms with Crippen molar-refractivity contribution in [3.63, 3.8) is 0 Å². The Bertz CT molecular complexity index is 835. The highest BCUT2D eigenvalue weighted by molar-refractivity contribution is 6.30. The minimum atomic E-state index is -0.451. The van der Waals surface area contributed by atoms with Gasteiger partial charge in [-0.1, -0.05) is 37.6 Å². The lowest BCUT2D eigenvalue weighted by Crippen LogP contribution is -2.38. The topological polar surface area (TPSA) is 55.4 Å². The SMILES string of the molecule is CCOC(=O)C1=C(C)NC2=C(C(=O)CC(C)(C)C2)[C@@H]1c1cccc(Cl)c1. The zero-order valence-corrected chi connectivity index (χ0v) is 16.4. The lowest BCUT2D eigenvalue weighted by molar-refractivity contribution is -0.138. The Balaban J connectivity index is 2.18. The summed E-state index contributed by atoms with van der Waals surface area (Å²) >= 11 is 6.20. The summed E-state index contributed by atoms with van der Waals surface area (Å²) < 4.78 is 5.29. The number of Topliss-reactive ketones (excluding diaryl/α,β-unsaturated/α-hetero) is 1. The highest BCUT2D eigenvalue weighted by atomic mass is 35.5. The Hall–Kier alpha value is -2.07. The number of rotatable bonds is 3. The van der Waals surface area contributed by atoms with Crippen molar-refractivity contribution >= 4 is 23.4 Å². The number of halogens is 1. The lowest BCUT2D eigenvalue weighted by atomic mass is 9.68. The van der Waals surface area contributed by atoms with E-state index in [1.165, 1.54) is 0 Å². The number of benzene rings is 1. The third-order valence-electron chi connectivity index (χ3n) is 4.92. The summed E-state index contributed by atoms with van der Waals surface area (Å²) in [6.07, 6.45) is 1.22. The Morgan fingerprint density at radius 2 is 2.08 bits per heavy atom. The molecule has 0 radical (unpaired) electrons. The first-order valence-electron chi connectivity index (χ1n) is 8.90. The molecule has 0 bridgehead atoms. The van der Waals surface area contributed by atoms with Crippen LogP contribution in [0.5, 0.6) is 0 Å². The first-order valence-corrected chi connectivity index (χ1v) is 9.28. The molecular formula is C21H24ClNO3. The van der Waals surface area contributed by atoms with Crippen LogP contribution in [0.3, 0.4) is 0 Å². The van der Waals surface area contributed by atoms with Crippen LogP contribution in [0.15, 0.2) is 46.8 Å². The van der Waals surface area contributed by atoms with E-state index in [4.69, 9.17) is 16.3 Å². The van der Waals surface area contributed by atoms with Crippen LogP contribution in [0.1, 0.15) is 52.0 Å². The Labute approximate surface area is 159 Å². The molecule has 0 saturated carbocycles. The van der Waals surface area contributed by atoms with Gasteiger partial charge in [0.1, 0.15) is 0 Å². The fraction of sp³-hybridized carbons (Fsp3) is 0.429. The van der Waals surface area contributed by atoms with Crippen molar-refractivity contribution in [3.8, 4) is 0 Å². The Morgan fingerprint density at radius 1 is 1.35 bits per heavy atom. The highest BCUT2D eigenvalue weighted by Crippen LogP contribution is 2.46. The van der Waals surface area contributed by atoms with Gasteiger partial charge >= 0.3 is 5.97 Å². The van der Waals surface area contributed by atoms with Crippen molar-refractivity contribution in [2.24, 2.45) is 5.41 Å². The smallest absolute Gasteiger partial charge is 0.336 e. The number of ether oxygens (including phenoxy) is 1. The van der Waals surface area contributed by atoms with Gasteiger partial charge in [0.2, 0.25) is 0 Å². The van der Waals surface area contributed by atoms with Gasteiger partial charge in [0.25, 0.3) is 0 Å². The van der Waals surface area contributed by atoms with Crippen LogP contribution in [0, 0.1) is 5.41 Å². The third-order valence-corrected chi connectivity index (χ3v) is 5.15. The van der Waals surface area contributed by atoms with Gasteiger partial charge < -0.3 is 10.1 Å². The summed E-state index contributed by atoms with van der Waals surface area (Å²) in [5.74, 6) is -0.776. The predicted octanol–water partition coefficient (Wildman–Crippen LogP) is 4.51. The summed E-state index contributed by atoms with van der Waals surface area (Å²) in [5, 5.41) is 3.89. The van der Waals surface area contributed by atoms with Crippen LogP contribution >= 0.6 is 11.6 Å². The number of carbonyl (C=O) groups is 2. The van der Waals surface area contributed by atoms with Gasteiger partial charge in [-0.05, 0) is 43.4 Å². The minimum absolute atomic E-state index is 0.0722.